The van der Waals surface area contributed by atoms with E-state index in [4.69, 9.17) is 4.74 Å². The normalized spacial score (nSPS) is 10.6. The molecular formula is C21H21N3O2S. The number of rotatable bonds is 6. The lowest BCUT2D eigenvalue weighted by atomic mass is 10.1. The molecule has 6 heteroatoms. The molecule has 0 aliphatic rings. The zero-order valence-corrected chi connectivity index (χ0v) is 16.3. The van der Waals surface area contributed by atoms with Gasteiger partial charge in [0.1, 0.15) is 0 Å². The van der Waals surface area contributed by atoms with Crippen molar-refractivity contribution in [2.45, 2.75) is 30.5 Å². The van der Waals surface area contributed by atoms with Crippen LogP contribution in [0.3, 0.4) is 0 Å². The highest BCUT2D eigenvalue weighted by atomic mass is 32.2. The number of aromatic nitrogens is 2. The number of aryl methyl sites for hydroxylation is 2. The van der Waals surface area contributed by atoms with E-state index in [0.717, 1.165) is 32.7 Å². The molecule has 3 rings (SSSR count). The number of methoxy groups -OCH3 is 1. The number of anilines is 1. The molecule has 138 valence electrons. The summed E-state index contributed by atoms with van der Waals surface area (Å²) in [5.74, 6) is -0.142. The molecule has 0 fully saturated rings. The Hall–Kier alpha value is -2.70. The van der Waals surface area contributed by atoms with E-state index in [9.17, 15) is 4.79 Å². The van der Waals surface area contributed by atoms with Crippen LogP contribution in [0.4, 0.5) is 5.69 Å². The summed E-state index contributed by atoms with van der Waals surface area (Å²) >= 11 is 1.50. The molecule has 5 nitrogen and oxygen atoms in total. The van der Waals surface area contributed by atoms with Gasteiger partial charge in [0.2, 0.25) is 0 Å². The van der Waals surface area contributed by atoms with E-state index >= 15 is 0 Å². The monoisotopic (exact) mass is 379 g/mol. The van der Waals surface area contributed by atoms with Crippen LogP contribution < -0.4 is 5.32 Å². The molecule has 2 aromatic carbocycles. The van der Waals surface area contributed by atoms with Crippen molar-refractivity contribution in [3.05, 3.63) is 77.1 Å². The van der Waals surface area contributed by atoms with E-state index in [-0.39, 0.29) is 5.91 Å². The highest BCUT2D eigenvalue weighted by molar-refractivity contribution is 7.99. The quantitative estimate of drug-likeness (QED) is 0.632. The third-order valence-corrected chi connectivity index (χ3v) is 4.68. The molecule has 1 aromatic heterocycles. The fraction of sp³-hybridized carbons (Fsp3) is 0.190. The highest BCUT2D eigenvalue weighted by Gasteiger charge is 2.07. The SMILES string of the molecule is COCc1ccc(C(=O)Nc2ccc(Sc3nc(C)cc(C)n3)cc2)cc1. The summed E-state index contributed by atoms with van der Waals surface area (Å²) in [7, 11) is 1.65. The van der Waals surface area contributed by atoms with Crippen LogP contribution in [0.1, 0.15) is 27.3 Å². The Bertz CT molecular complexity index is 905. The first kappa shape index (κ1) is 19.1. The largest absolute Gasteiger partial charge is 0.380 e. The van der Waals surface area contributed by atoms with Crippen LogP contribution in [-0.4, -0.2) is 23.0 Å². The Morgan fingerprint density at radius 3 is 2.22 bits per heavy atom. The van der Waals surface area contributed by atoms with Crippen LogP contribution in [0.25, 0.3) is 0 Å². The molecule has 3 aromatic rings. The Labute approximate surface area is 163 Å². The Morgan fingerprint density at radius 1 is 1.00 bits per heavy atom. The average molecular weight is 379 g/mol. The Kier molecular flexibility index (Phi) is 6.21. The van der Waals surface area contributed by atoms with Crippen molar-refractivity contribution >= 4 is 23.4 Å². The molecule has 27 heavy (non-hydrogen) atoms. The number of ether oxygens (including phenoxy) is 1. The molecule has 0 radical (unpaired) electrons. The molecule has 0 aliphatic carbocycles. The number of hydrogen-bond donors (Lipinski definition) is 1. The maximum Gasteiger partial charge on any atom is 0.255 e. The standard InChI is InChI=1S/C21H21N3O2S/c1-14-12-15(2)23-21(22-14)27-19-10-8-18(9-11-19)24-20(25)17-6-4-16(5-7-17)13-26-3/h4-12H,13H2,1-3H3,(H,24,25). The third kappa shape index (κ3) is 5.39. The minimum absolute atomic E-state index is 0.142. The molecule has 0 bridgehead atoms. The summed E-state index contributed by atoms with van der Waals surface area (Å²) in [4.78, 5) is 22.2. The molecule has 0 unspecified atom stereocenters. The topological polar surface area (TPSA) is 64.1 Å². The van der Waals surface area contributed by atoms with E-state index in [1.165, 1.54) is 11.8 Å². The minimum atomic E-state index is -0.142. The second kappa shape index (κ2) is 8.79. The first-order valence-corrected chi connectivity index (χ1v) is 9.34. The Morgan fingerprint density at radius 2 is 1.63 bits per heavy atom. The molecule has 0 saturated heterocycles. The van der Waals surface area contributed by atoms with Crippen LogP contribution in [0.15, 0.2) is 64.6 Å². The van der Waals surface area contributed by atoms with Crippen molar-refractivity contribution in [1.29, 1.82) is 0 Å². The molecular weight excluding hydrogens is 358 g/mol. The summed E-state index contributed by atoms with van der Waals surface area (Å²) in [6.45, 7) is 4.45. The number of benzene rings is 2. The van der Waals surface area contributed by atoms with Crippen LogP contribution in [0.5, 0.6) is 0 Å². The van der Waals surface area contributed by atoms with Crippen molar-refractivity contribution in [3.63, 3.8) is 0 Å². The van der Waals surface area contributed by atoms with Crippen molar-refractivity contribution in [2.24, 2.45) is 0 Å². The van der Waals surface area contributed by atoms with Gasteiger partial charge in [-0.05, 0) is 73.6 Å². The van der Waals surface area contributed by atoms with Gasteiger partial charge in [-0.25, -0.2) is 9.97 Å². The molecule has 0 spiro atoms. The van der Waals surface area contributed by atoms with Gasteiger partial charge in [0.15, 0.2) is 5.16 Å². The van der Waals surface area contributed by atoms with Crippen LogP contribution in [0, 0.1) is 13.8 Å². The number of amides is 1. The van der Waals surface area contributed by atoms with Crippen molar-refractivity contribution in [3.8, 4) is 0 Å². The van der Waals surface area contributed by atoms with Crippen molar-refractivity contribution < 1.29 is 9.53 Å². The van der Waals surface area contributed by atoms with Crippen LogP contribution in [0.2, 0.25) is 0 Å². The van der Waals surface area contributed by atoms with E-state index in [2.05, 4.69) is 15.3 Å². The molecule has 0 aliphatic heterocycles. The van der Waals surface area contributed by atoms with Gasteiger partial charge < -0.3 is 10.1 Å². The van der Waals surface area contributed by atoms with E-state index in [1.807, 2.05) is 56.3 Å². The summed E-state index contributed by atoms with van der Waals surface area (Å²) in [5, 5.41) is 3.63. The zero-order chi connectivity index (χ0) is 19.2. The van der Waals surface area contributed by atoms with E-state index < -0.39 is 0 Å². The summed E-state index contributed by atoms with van der Waals surface area (Å²) < 4.78 is 5.08. The van der Waals surface area contributed by atoms with Gasteiger partial charge in [0.25, 0.3) is 5.91 Å². The smallest absolute Gasteiger partial charge is 0.255 e. The van der Waals surface area contributed by atoms with E-state index in [0.29, 0.717) is 12.2 Å². The number of nitrogens with one attached hydrogen (secondary N) is 1. The number of carbonyl (C=O) groups is 1. The van der Waals surface area contributed by atoms with E-state index in [1.54, 1.807) is 19.2 Å². The van der Waals surface area contributed by atoms with Crippen molar-refractivity contribution in [2.75, 3.05) is 12.4 Å². The van der Waals surface area contributed by atoms with Gasteiger partial charge in [-0.15, -0.1) is 0 Å². The predicted octanol–water partition coefficient (Wildman–Crippen LogP) is 4.64. The zero-order valence-electron chi connectivity index (χ0n) is 15.5. The van der Waals surface area contributed by atoms with Crippen LogP contribution in [-0.2, 0) is 11.3 Å². The first-order valence-electron chi connectivity index (χ1n) is 8.53. The first-order chi connectivity index (χ1) is 13.0. The lowest BCUT2D eigenvalue weighted by molar-refractivity contribution is 0.102. The molecule has 1 N–H and O–H groups in total. The highest BCUT2D eigenvalue weighted by Crippen LogP contribution is 2.26. The number of hydrogen-bond acceptors (Lipinski definition) is 5. The van der Waals surface area contributed by atoms with Gasteiger partial charge >= 0.3 is 0 Å². The van der Waals surface area contributed by atoms with Gasteiger partial charge in [-0.1, -0.05) is 12.1 Å². The molecule has 1 heterocycles. The lowest BCUT2D eigenvalue weighted by Gasteiger charge is -2.07. The van der Waals surface area contributed by atoms with Gasteiger partial charge in [-0.2, -0.15) is 0 Å². The maximum absolute atomic E-state index is 12.4. The lowest BCUT2D eigenvalue weighted by Crippen LogP contribution is -2.11. The number of carbonyl (C=O) groups excluding carboxylic acids is 1. The van der Waals surface area contributed by atoms with Crippen LogP contribution >= 0.6 is 11.8 Å². The number of nitrogens with zero attached hydrogens (tertiary/aromatic N) is 2. The molecule has 1 amide bonds. The second-order valence-electron chi connectivity index (χ2n) is 6.14. The molecule has 0 saturated carbocycles. The van der Waals surface area contributed by atoms with Crippen molar-refractivity contribution in [1.82, 2.24) is 9.97 Å². The molecule has 0 atom stereocenters. The Balaban J connectivity index is 1.63. The fourth-order valence-corrected chi connectivity index (χ4v) is 3.44. The summed E-state index contributed by atoms with van der Waals surface area (Å²) in [6.07, 6.45) is 0. The average Bonchev–Trinajstić information content (AvgIpc) is 2.63. The third-order valence-electron chi connectivity index (χ3n) is 3.81. The predicted molar refractivity (Wildman–Crippen MR) is 107 cm³/mol. The van der Waals surface area contributed by atoms with Gasteiger partial charge in [0, 0.05) is 34.6 Å². The minimum Gasteiger partial charge on any atom is -0.380 e. The second-order valence-corrected chi connectivity index (χ2v) is 7.18. The summed E-state index contributed by atoms with van der Waals surface area (Å²) in [5.41, 5.74) is 4.28. The summed E-state index contributed by atoms with van der Waals surface area (Å²) in [6, 6.07) is 17.0. The maximum atomic E-state index is 12.4. The van der Waals surface area contributed by atoms with Gasteiger partial charge in [0.05, 0.1) is 6.61 Å². The fourth-order valence-electron chi connectivity index (χ4n) is 2.57. The van der Waals surface area contributed by atoms with Gasteiger partial charge in [-0.3, -0.25) is 4.79 Å².